The Hall–Kier alpha value is -2.94. The van der Waals surface area contributed by atoms with Gasteiger partial charge in [-0.15, -0.1) is 11.3 Å². The van der Waals surface area contributed by atoms with Crippen LogP contribution in [0.5, 0.6) is 0 Å². The Morgan fingerprint density at radius 1 is 1.32 bits per heavy atom. The number of piperidine rings is 1. The van der Waals surface area contributed by atoms with Crippen molar-refractivity contribution in [3.63, 3.8) is 0 Å². The van der Waals surface area contributed by atoms with Gasteiger partial charge in [-0.25, -0.2) is 19.7 Å². The van der Waals surface area contributed by atoms with E-state index in [0.717, 1.165) is 24.1 Å². The van der Waals surface area contributed by atoms with Gasteiger partial charge in [0.25, 0.3) is 0 Å². The number of hydrogen-bond acceptors (Lipinski definition) is 5. The summed E-state index contributed by atoms with van der Waals surface area (Å²) in [5.74, 6) is 0. The van der Waals surface area contributed by atoms with Crippen LogP contribution in [0.2, 0.25) is 0 Å². The number of benzene rings is 1. The van der Waals surface area contributed by atoms with E-state index in [2.05, 4.69) is 39.6 Å². The van der Waals surface area contributed by atoms with Gasteiger partial charge < -0.3 is 4.90 Å². The third kappa shape index (κ3) is 3.99. The van der Waals surface area contributed by atoms with Gasteiger partial charge in [-0.05, 0) is 30.9 Å². The summed E-state index contributed by atoms with van der Waals surface area (Å²) in [6, 6.07) is 8.21. The molecule has 0 radical (unpaired) electrons. The third-order valence-corrected chi connectivity index (χ3v) is 6.03. The molecule has 1 fully saturated rings. The molecule has 1 aliphatic rings. The summed E-state index contributed by atoms with van der Waals surface area (Å²) in [6.45, 7) is 3.28. The highest BCUT2D eigenvalue weighted by Crippen LogP contribution is 2.24. The highest BCUT2D eigenvalue weighted by molar-refractivity contribution is 7.15. The number of thiazole rings is 1. The van der Waals surface area contributed by atoms with Crippen molar-refractivity contribution >= 4 is 22.5 Å². The zero-order valence-corrected chi connectivity index (χ0v) is 16.4. The monoisotopic (exact) mass is 398 g/mol. The van der Waals surface area contributed by atoms with Crippen LogP contribution < -0.4 is 11.0 Å². The smallest absolute Gasteiger partial charge is 0.324 e. The van der Waals surface area contributed by atoms with Crippen molar-refractivity contribution in [1.29, 1.82) is 0 Å². The van der Waals surface area contributed by atoms with Gasteiger partial charge in [-0.3, -0.25) is 9.88 Å². The largest absolute Gasteiger partial charge is 0.343 e. The maximum atomic E-state index is 12.5. The summed E-state index contributed by atoms with van der Waals surface area (Å²) < 4.78 is 1.61. The average molecular weight is 398 g/mol. The van der Waals surface area contributed by atoms with E-state index < -0.39 is 0 Å². The SMILES string of the molecule is Cc1ccccc1Cc1cnc(NC(=O)N2CCC(n3cn[nH]c3=O)CC2)s1. The van der Waals surface area contributed by atoms with Gasteiger partial charge in [0.1, 0.15) is 6.33 Å². The van der Waals surface area contributed by atoms with Crippen LogP contribution in [0.3, 0.4) is 0 Å². The number of anilines is 1. The normalized spacial score (nSPS) is 15.0. The summed E-state index contributed by atoms with van der Waals surface area (Å²) in [4.78, 5) is 31.4. The number of carbonyl (C=O) groups is 1. The van der Waals surface area contributed by atoms with Gasteiger partial charge in [0.2, 0.25) is 0 Å². The topological polar surface area (TPSA) is 95.9 Å². The number of H-pyrrole nitrogens is 1. The molecule has 1 saturated heterocycles. The van der Waals surface area contributed by atoms with E-state index >= 15 is 0 Å². The lowest BCUT2D eigenvalue weighted by atomic mass is 10.1. The fraction of sp³-hybridized carbons (Fsp3) is 0.368. The van der Waals surface area contributed by atoms with Crippen molar-refractivity contribution < 1.29 is 4.79 Å². The third-order valence-electron chi connectivity index (χ3n) is 5.12. The Labute approximate surface area is 166 Å². The maximum absolute atomic E-state index is 12.5. The number of nitrogens with one attached hydrogen (secondary N) is 2. The number of aryl methyl sites for hydroxylation is 1. The molecular formula is C19H22N6O2S. The zero-order chi connectivity index (χ0) is 19.5. The van der Waals surface area contributed by atoms with Crippen LogP contribution >= 0.6 is 11.3 Å². The summed E-state index contributed by atoms with van der Waals surface area (Å²) >= 11 is 1.50. The molecule has 2 amide bonds. The van der Waals surface area contributed by atoms with Crippen LogP contribution in [0.1, 0.15) is 34.9 Å². The fourth-order valence-corrected chi connectivity index (χ4v) is 4.30. The minimum Gasteiger partial charge on any atom is -0.324 e. The number of amides is 2. The van der Waals surface area contributed by atoms with Gasteiger partial charge in [0.05, 0.1) is 0 Å². The Kier molecular flexibility index (Phi) is 5.25. The van der Waals surface area contributed by atoms with E-state index in [0.29, 0.717) is 18.2 Å². The fourth-order valence-electron chi connectivity index (χ4n) is 3.48. The maximum Gasteiger partial charge on any atom is 0.343 e. The molecule has 3 aromatic rings. The molecule has 0 unspecified atom stereocenters. The van der Waals surface area contributed by atoms with E-state index in [9.17, 15) is 9.59 Å². The van der Waals surface area contributed by atoms with E-state index in [1.807, 2.05) is 18.3 Å². The molecule has 0 atom stereocenters. The second kappa shape index (κ2) is 7.97. The first kappa shape index (κ1) is 18.4. The Balaban J connectivity index is 1.32. The van der Waals surface area contributed by atoms with Crippen molar-refractivity contribution in [2.75, 3.05) is 18.4 Å². The van der Waals surface area contributed by atoms with Gasteiger partial charge in [-0.1, -0.05) is 24.3 Å². The number of rotatable bonds is 4. The van der Waals surface area contributed by atoms with Crippen molar-refractivity contribution in [2.45, 2.75) is 32.2 Å². The summed E-state index contributed by atoms with van der Waals surface area (Å²) in [6.07, 6.45) is 5.61. The lowest BCUT2D eigenvalue weighted by molar-refractivity contribution is 0.183. The number of aromatic amines is 1. The minimum absolute atomic E-state index is 0.0795. The lowest BCUT2D eigenvalue weighted by Gasteiger charge is -2.31. The predicted molar refractivity (Wildman–Crippen MR) is 108 cm³/mol. The standard InChI is InChI=1S/C19H22N6O2S/c1-13-4-2-3-5-14(13)10-16-11-20-17(28-16)22-18(26)24-8-6-15(7-9-24)25-12-21-23-19(25)27/h2-5,11-12,15H,6-10H2,1H3,(H,23,27)(H,20,22,26). The second-order valence-corrected chi connectivity index (χ2v) is 8.07. The molecule has 1 aliphatic heterocycles. The van der Waals surface area contributed by atoms with Gasteiger partial charge in [0.15, 0.2) is 5.13 Å². The number of hydrogen-bond donors (Lipinski definition) is 2. The molecule has 2 aromatic heterocycles. The Morgan fingerprint density at radius 3 is 2.82 bits per heavy atom. The zero-order valence-electron chi connectivity index (χ0n) is 15.6. The van der Waals surface area contributed by atoms with Crippen molar-refractivity contribution in [2.24, 2.45) is 0 Å². The molecule has 0 bridgehead atoms. The summed E-state index contributed by atoms with van der Waals surface area (Å²) in [5, 5.41) is 9.70. The van der Waals surface area contributed by atoms with E-state index in [1.54, 1.807) is 9.47 Å². The number of likely N-dealkylation sites (tertiary alicyclic amines) is 1. The molecule has 0 spiro atoms. The molecule has 28 heavy (non-hydrogen) atoms. The minimum atomic E-state index is -0.202. The van der Waals surface area contributed by atoms with Gasteiger partial charge in [-0.2, -0.15) is 5.10 Å². The molecule has 1 aromatic carbocycles. The molecular weight excluding hydrogens is 376 g/mol. The Bertz CT molecular complexity index is 1020. The first-order chi connectivity index (χ1) is 13.6. The van der Waals surface area contributed by atoms with Crippen LogP contribution in [0.15, 0.2) is 41.6 Å². The van der Waals surface area contributed by atoms with Gasteiger partial charge >= 0.3 is 11.7 Å². The van der Waals surface area contributed by atoms with Crippen LogP contribution in [0.4, 0.5) is 9.93 Å². The highest BCUT2D eigenvalue weighted by atomic mass is 32.1. The first-order valence-corrected chi connectivity index (χ1v) is 10.1. The number of nitrogens with zero attached hydrogens (tertiary/aromatic N) is 4. The highest BCUT2D eigenvalue weighted by Gasteiger charge is 2.25. The molecule has 0 saturated carbocycles. The van der Waals surface area contributed by atoms with Gasteiger partial charge in [0, 0.05) is 36.6 Å². The van der Waals surface area contributed by atoms with Crippen LogP contribution in [-0.4, -0.2) is 43.8 Å². The van der Waals surface area contributed by atoms with E-state index in [-0.39, 0.29) is 17.8 Å². The van der Waals surface area contributed by atoms with Crippen LogP contribution in [0.25, 0.3) is 0 Å². The van der Waals surface area contributed by atoms with Crippen LogP contribution in [0, 0.1) is 6.92 Å². The molecule has 8 nitrogen and oxygen atoms in total. The Morgan fingerprint density at radius 2 is 2.11 bits per heavy atom. The van der Waals surface area contributed by atoms with Crippen molar-refractivity contribution in [1.82, 2.24) is 24.6 Å². The molecule has 4 rings (SSSR count). The van der Waals surface area contributed by atoms with E-state index in [1.165, 1.54) is 28.8 Å². The molecule has 2 N–H and O–H groups in total. The molecule has 0 aliphatic carbocycles. The molecule has 146 valence electrons. The quantitative estimate of drug-likeness (QED) is 0.706. The number of urea groups is 1. The van der Waals surface area contributed by atoms with E-state index in [4.69, 9.17) is 0 Å². The second-order valence-electron chi connectivity index (χ2n) is 6.95. The lowest BCUT2D eigenvalue weighted by Crippen LogP contribution is -2.42. The number of aromatic nitrogens is 4. The summed E-state index contributed by atoms with van der Waals surface area (Å²) in [7, 11) is 0. The molecule has 9 heteroatoms. The predicted octanol–water partition coefficient (Wildman–Crippen LogP) is 2.80. The summed E-state index contributed by atoms with van der Waals surface area (Å²) in [5.41, 5.74) is 2.31. The first-order valence-electron chi connectivity index (χ1n) is 9.27. The average Bonchev–Trinajstić information content (AvgIpc) is 3.32. The van der Waals surface area contributed by atoms with Crippen LogP contribution in [-0.2, 0) is 6.42 Å². The molecule has 3 heterocycles. The van der Waals surface area contributed by atoms with Crippen molar-refractivity contribution in [3.8, 4) is 0 Å². The van der Waals surface area contributed by atoms with Crippen molar-refractivity contribution in [3.05, 3.63) is 63.3 Å². The number of carbonyl (C=O) groups excluding carboxylic acids is 1.